The van der Waals surface area contributed by atoms with Gasteiger partial charge in [0, 0.05) is 6.20 Å². The van der Waals surface area contributed by atoms with Gasteiger partial charge in [-0.2, -0.15) is 13.2 Å². The lowest BCUT2D eigenvalue weighted by molar-refractivity contribution is -0.137. The number of hydrogen-bond acceptors (Lipinski definition) is 3. The standard InChI is InChI=1S/C12H9F3N2O2S/c13-12(14,15)9-6-7-11(16-8-9)17(20(18)19)10-4-2-1-3-5-10/h1-8H,(H,18,19)/p-1. The van der Waals surface area contributed by atoms with E-state index in [0.717, 1.165) is 16.4 Å². The summed E-state index contributed by atoms with van der Waals surface area (Å²) in [6.07, 6.45) is -3.92. The zero-order valence-corrected chi connectivity index (χ0v) is 10.7. The highest BCUT2D eigenvalue weighted by molar-refractivity contribution is 7.81. The van der Waals surface area contributed by atoms with Gasteiger partial charge in [-0.05, 0) is 24.3 Å². The molecule has 0 saturated carbocycles. The summed E-state index contributed by atoms with van der Waals surface area (Å²) < 4.78 is 60.6. The van der Waals surface area contributed by atoms with Crippen LogP contribution in [0.1, 0.15) is 5.56 Å². The Morgan fingerprint density at radius 3 is 2.20 bits per heavy atom. The summed E-state index contributed by atoms with van der Waals surface area (Å²) in [6, 6.07) is 9.72. The van der Waals surface area contributed by atoms with Crippen molar-refractivity contribution in [2.45, 2.75) is 6.18 Å². The largest absolute Gasteiger partial charge is 0.755 e. The van der Waals surface area contributed by atoms with E-state index >= 15 is 0 Å². The van der Waals surface area contributed by atoms with E-state index in [-0.39, 0.29) is 11.5 Å². The lowest BCUT2D eigenvalue weighted by Gasteiger charge is -2.25. The lowest BCUT2D eigenvalue weighted by Crippen LogP contribution is -2.20. The zero-order chi connectivity index (χ0) is 14.8. The number of rotatable bonds is 3. The van der Waals surface area contributed by atoms with Crippen molar-refractivity contribution in [3.63, 3.8) is 0 Å². The van der Waals surface area contributed by atoms with Crippen LogP contribution in [-0.4, -0.2) is 13.7 Å². The number of hydrogen-bond donors (Lipinski definition) is 0. The van der Waals surface area contributed by atoms with E-state index in [2.05, 4.69) is 4.98 Å². The highest BCUT2D eigenvalue weighted by atomic mass is 32.2. The fraction of sp³-hybridized carbons (Fsp3) is 0.0833. The Balaban J connectivity index is 2.39. The molecule has 0 aliphatic rings. The number of para-hydroxylation sites is 1. The van der Waals surface area contributed by atoms with Gasteiger partial charge in [-0.25, -0.2) is 4.98 Å². The maximum absolute atomic E-state index is 12.4. The van der Waals surface area contributed by atoms with Crippen LogP contribution >= 0.6 is 0 Å². The smallest absolute Gasteiger partial charge is 0.417 e. The van der Waals surface area contributed by atoms with E-state index in [1.807, 2.05) is 0 Å². The van der Waals surface area contributed by atoms with Crippen LogP contribution in [0.4, 0.5) is 24.7 Å². The molecule has 20 heavy (non-hydrogen) atoms. The summed E-state index contributed by atoms with van der Waals surface area (Å²) in [5.74, 6) is -0.113. The quantitative estimate of drug-likeness (QED) is 0.819. The summed E-state index contributed by atoms with van der Waals surface area (Å²) in [7, 11) is 0. The summed E-state index contributed by atoms with van der Waals surface area (Å²) in [4.78, 5) is 3.56. The molecule has 0 amide bonds. The molecular weight excluding hydrogens is 293 g/mol. The van der Waals surface area contributed by atoms with Gasteiger partial charge in [0.15, 0.2) is 0 Å². The molecule has 2 aromatic rings. The van der Waals surface area contributed by atoms with Crippen LogP contribution in [-0.2, 0) is 17.4 Å². The van der Waals surface area contributed by atoms with E-state index in [0.29, 0.717) is 6.20 Å². The van der Waals surface area contributed by atoms with E-state index in [1.54, 1.807) is 18.2 Å². The van der Waals surface area contributed by atoms with Crippen LogP contribution in [0, 0.1) is 0 Å². The Morgan fingerprint density at radius 1 is 1.10 bits per heavy atom. The van der Waals surface area contributed by atoms with Crippen molar-refractivity contribution in [3.05, 3.63) is 54.2 Å². The Hall–Kier alpha value is -1.93. The van der Waals surface area contributed by atoms with Crippen LogP contribution in [0.2, 0.25) is 0 Å². The molecule has 2 rings (SSSR count). The molecule has 0 radical (unpaired) electrons. The second-order valence-electron chi connectivity index (χ2n) is 3.75. The predicted molar refractivity (Wildman–Crippen MR) is 66.7 cm³/mol. The first-order valence-corrected chi connectivity index (χ1v) is 6.40. The third-order valence-electron chi connectivity index (χ3n) is 2.42. The Kier molecular flexibility index (Phi) is 4.05. The Labute approximate surface area is 115 Å². The first-order chi connectivity index (χ1) is 9.39. The first-order valence-electron chi connectivity index (χ1n) is 5.37. The molecule has 1 heterocycles. The Morgan fingerprint density at radius 2 is 1.75 bits per heavy atom. The number of benzene rings is 1. The van der Waals surface area contributed by atoms with Crippen molar-refractivity contribution in [2.24, 2.45) is 0 Å². The van der Waals surface area contributed by atoms with Crippen molar-refractivity contribution in [1.29, 1.82) is 0 Å². The molecule has 0 aliphatic heterocycles. The van der Waals surface area contributed by atoms with Gasteiger partial charge in [-0.15, -0.1) is 0 Å². The number of pyridine rings is 1. The van der Waals surface area contributed by atoms with Crippen molar-refractivity contribution in [1.82, 2.24) is 4.98 Å². The molecule has 0 saturated heterocycles. The molecular formula is C12H8F3N2O2S-. The molecule has 106 valence electrons. The summed E-state index contributed by atoms with van der Waals surface area (Å²) in [5, 5.41) is 0. The molecule has 0 aliphatic carbocycles. The highest BCUT2D eigenvalue weighted by Gasteiger charge is 2.31. The van der Waals surface area contributed by atoms with Gasteiger partial charge in [0.05, 0.1) is 22.5 Å². The van der Waals surface area contributed by atoms with Gasteiger partial charge in [0.2, 0.25) is 0 Å². The molecule has 1 aromatic heterocycles. The van der Waals surface area contributed by atoms with Gasteiger partial charge in [0.25, 0.3) is 0 Å². The van der Waals surface area contributed by atoms with E-state index in [1.165, 1.54) is 12.1 Å². The molecule has 1 unspecified atom stereocenters. The second-order valence-corrected chi connectivity index (χ2v) is 4.55. The molecule has 1 aromatic carbocycles. The number of aromatic nitrogens is 1. The van der Waals surface area contributed by atoms with E-state index in [9.17, 15) is 21.9 Å². The fourth-order valence-corrected chi connectivity index (χ4v) is 2.09. The van der Waals surface area contributed by atoms with Crippen molar-refractivity contribution < 1.29 is 21.9 Å². The van der Waals surface area contributed by atoms with Gasteiger partial charge in [-0.1, -0.05) is 18.2 Å². The average Bonchev–Trinajstić information content (AvgIpc) is 2.39. The van der Waals surface area contributed by atoms with Crippen LogP contribution in [0.5, 0.6) is 0 Å². The van der Waals surface area contributed by atoms with Crippen molar-refractivity contribution in [2.75, 3.05) is 4.31 Å². The highest BCUT2D eigenvalue weighted by Crippen LogP contribution is 2.31. The monoisotopic (exact) mass is 301 g/mol. The van der Waals surface area contributed by atoms with Gasteiger partial charge >= 0.3 is 6.18 Å². The summed E-state index contributed by atoms with van der Waals surface area (Å²) in [6.45, 7) is 0. The average molecular weight is 301 g/mol. The second kappa shape index (κ2) is 5.59. The summed E-state index contributed by atoms with van der Waals surface area (Å²) in [5.41, 5.74) is -0.654. The molecule has 0 bridgehead atoms. The van der Waals surface area contributed by atoms with Crippen LogP contribution in [0.3, 0.4) is 0 Å². The van der Waals surface area contributed by atoms with Gasteiger partial charge in [-0.3, -0.25) is 8.51 Å². The zero-order valence-electron chi connectivity index (χ0n) is 9.87. The topological polar surface area (TPSA) is 56.3 Å². The molecule has 0 N–H and O–H groups in total. The minimum absolute atomic E-state index is 0.113. The van der Waals surface area contributed by atoms with Crippen LogP contribution in [0.25, 0.3) is 0 Å². The molecule has 8 heteroatoms. The number of anilines is 2. The van der Waals surface area contributed by atoms with Crippen LogP contribution in [0.15, 0.2) is 48.7 Å². The van der Waals surface area contributed by atoms with Crippen molar-refractivity contribution >= 4 is 22.8 Å². The molecule has 4 nitrogen and oxygen atoms in total. The first kappa shape index (κ1) is 14.5. The molecule has 0 spiro atoms. The van der Waals surface area contributed by atoms with Crippen LogP contribution < -0.4 is 4.31 Å². The third-order valence-corrected chi connectivity index (χ3v) is 3.12. The third kappa shape index (κ3) is 3.14. The van der Waals surface area contributed by atoms with Gasteiger partial charge in [0.1, 0.15) is 5.82 Å². The minimum atomic E-state index is -4.51. The van der Waals surface area contributed by atoms with E-state index in [4.69, 9.17) is 0 Å². The number of nitrogens with zero attached hydrogens (tertiary/aromatic N) is 2. The fourth-order valence-electron chi connectivity index (χ4n) is 1.53. The van der Waals surface area contributed by atoms with E-state index < -0.39 is 23.0 Å². The van der Waals surface area contributed by atoms with Crippen molar-refractivity contribution in [3.8, 4) is 0 Å². The van der Waals surface area contributed by atoms with Gasteiger partial charge < -0.3 is 4.55 Å². The normalized spacial score (nSPS) is 13.0. The minimum Gasteiger partial charge on any atom is -0.755 e. The SMILES string of the molecule is O=S([O-])N(c1ccccc1)c1ccc(C(F)(F)F)cn1. The molecule has 1 atom stereocenters. The lowest BCUT2D eigenvalue weighted by atomic mass is 10.2. The molecule has 0 fully saturated rings. The maximum atomic E-state index is 12.4. The maximum Gasteiger partial charge on any atom is 0.417 e. The number of halogens is 3. The Bertz CT molecular complexity index is 602. The predicted octanol–water partition coefficient (Wildman–Crippen LogP) is 3.03. The number of alkyl halides is 3. The summed E-state index contributed by atoms with van der Waals surface area (Å²) >= 11 is -2.69.